The van der Waals surface area contributed by atoms with Crippen LogP contribution in [-0.2, 0) is 11.4 Å². The largest absolute Gasteiger partial charge is 0.482 e. The molecular formula is C27H27ClN4O5. The molecule has 0 fully saturated rings. The van der Waals surface area contributed by atoms with Gasteiger partial charge in [-0.05, 0) is 54.3 Å². The summed E-state index contributed by atoms with van der Waals surface area (Å²) >= 11 is 5.87. The van der Waals surface area contributed by atoms with E-state index in [1.807, 2.05) is 44.2 Å². The van der Waals surface area contributed by atoms with E-state index in [1.54, 1.807) is 30.3 Å². The summed E-state index contributed by atoms with van der Waals surface area (Å²) in [5.41, 5.74) is 3.83. The zero-order chi connectivity index (χ0) is 26.8. The number of hydrazone groups is 1. The van der Waals surface area contributed by atoms with Crippen molar-refractivity contribution in [2.75, 3.05) is 0 Å². The summed E-state index contributed by atoms with van der Waals surface area (Å²) in [6.07, 6.45) is 1.68. The number of ether oxygens (including phenoxy) is 1. The van der Waals surface area contributed by atoms with Gasteiger partial charge in [0.2, 0.25) is 0 Å². The standard InChI is InChI=1S/C27H27ClN4O5/c1-18(2)14-23(30-26(33)21-9-11-22(28)12-10-21)27(34)31-29-16-20-8-13-25(24(15-20)32(35)36)37-17-19-6-4-3-5-7-19/h3-13,15-16,18,23H,14,17H2,1-2H3,(H,30,33)(H,31,34)/b29-16+. The quantitative estimate of drug-likeness (QED) is 0.205. The molecule has 0 aliphatic carbocycles. The average Bonchev–Trinajstić information content (AvgIpc) is 2.88. The molecule has 0 spiro atoms. The third-order valence-corrected chi connectivity index (χ3v) is 5.49. The van der Waals surface area contributed by atoms with E-state index in [2.05, 4.69) is 15.8 Å². The molecule has 0 aliphatic heterocycles. The Kier molecular flexibility index (Phi) is 9.74. The average molecular weight is 523 g/mol. The highest BCUT2D eigenvalue weighted by Gasteiger charge is 2.22. The Balaban J connectivity index is 1.65. The van der Waals surface area contributed by atoms with Crippen molar-refractivity contribution in [2.45, 2.75) is 32.9 Å². The van der Waals surface area contributed by atoms with Crippen LogP contribution in [0, 0.1) is 16.0 Å². The van der Waals surface area contributed by atoms with E-state index in [-0.39, 0.29) is 24.0 Å². The van der Waals surface area contributed by atoms with Crippen LogP contribution < -0.4 is 15.5 Å². The smallest absolute Gasteiger partial charge is 0.311 e. The highest BCUT2D eigenvalue weighted by Crippen LogP contribution is 2.28. The van der Waals surface area contributed by atoms with Gasteiger partial charge in [0.15, 0.2) is 5.75 Å². The van der Waals surface area contributed by atoms with Crippen molar-refractivity contribution >= 4 is 35.3 Å². The number of benzene rings is 3. The molecule has 1 atom stereocenters. The van der Waals surface area contributed by atoms with Crippen molar-refractivity contribution in [3.63, 3.8) is 0 Å². The molecule has 9 nitrogen and oxygen atoms in total. The Bertz CT molecular complexity index is 1260. The summed E-state index contributed by atoms with van der Waals surface area (Å²) in [5.74, 6) is -0.680. The van der Waals surface area contributed by atoms with Crippen LogP contribution in [0.25, 0.3) is 0 Å². The van der Waals surface area contributed by atoms with Gasteiger partial charge in [0.1, 0.15) is 12.6 Å². The molecule has 3 aromatic carbocycles. The number of nitro groups is 1. The normalized spacial score (nSPS) is 11.8. The molecule has 10 heteroatoms. The van der Waals surface area contributed by atoms with E-state index in [4.69, 9.17) is 16.3 Å². The van der Waals surface area contributed by atoms with Gasteiger partial charge in [0.25, 0.3) is 11.8 Å². The maximum Gasteiger partial charge on any atom is 0.311 e. The number of nitro benzene ring substituents is 1. The Morgan fingerprint density at radius 1 is 1.08 bits per heavy atom. The first-order valence-corrected chi connectivity index (χ1v) is 11.9. The fourth-order valence-electron chi connectivity index (χ4n) is 3.41. The van der Waals surface area contributed by atoms with Crippen molar-refractivity contribution in [3.05, 3.63) is 105 Å². The monoisotopic (exact) mass is 522 g/mol. The maximum atomic E-state index is 12.8. The summed E-state index contributed by atoms with van der Waals surface area (Å²) in [6, 6.07) is 19.2. The lowest BCUT2D eigenvalue weighted by atomic mass is 10.0. The van der Waals surface area contributed by atoms with Gasteiger partial charge in [-0.3, -0.25) is 19.7 Å². The molecule has 192 valence electrons. The Labute approximate surface area is 219 Å². The molecule has 0 saturated carbocycles. The van der Waals surface area contributed by atoms with Crippen LogP contribution in [0.4, 0.5) is 5.69 Å². The van der Waals surface area contributed by atoms with Gasteiger partial charge in [-0.1, -0.05) is 55.8 Å². The molecule has 0 radical (unpaired) electrons. The van der Waals surface area contributed by atoms with Crippen LogP contribution in [0.15, 0.2) is 77.9 Å². The third-order valence-electron chi connectivity index (χ3n) is 5.24. The molecule has 2 amide bonds. The fraction of sp³-hybridized carbons (Fsp3) is 0.222. The molecule has 3 aromatic rings. The fourth-order valence-corrected chi connectivity index (χ4v) is 3.53. The second-order valence-electron chi connectivity index (χ2n) is 8.66. The van der Waals surface area contributed by atoms with Gasteiger partial charge in [-0.25, -0.2) is 5.43 Å². The Morgan fingerprint density at radius 3 is 2.43 bits per heavy atom. The van der Waals surface area contributed by atoms with Gasteiger partial charge in [0.05, 0.1) is 11.1 Å². The van der Waals surface area contributed by atoms with E-state index in [9.17, 15) is 19.7 Å². The summed E-state index contributed by atoms with van der Waals surface area (Å²) in [6.45, 7) is 4.04. The molecule has 0 saturated heterocycles. The zero-order valence-electron chi connectivity index (χ0n) is 20.4. The van der Waals surface area contributed by atoms with E-state index in [1.165, 1.54) is 18.3 Å². The van der Waals surface area contributed by atoms with Gasteiger partial charge in [-0.2, -0.15) is 5.10 Å². The van der Waals surface area contributed by atoms with Crippen molar-refractivity contribution in [1.82, 2.24) is 10.7 Å². The van der Waals surface area contributed by atoms with Crippen molar-refractivity contribution in [2.24, 2.45) is 11.0 Å². The van der Waals surface area contributed by atoms with E-state index >= 15 is 0 Å². The second-order valence-corrected chi connectivity index (χ2v) is 9.09. The summed E-state index contributed by atoms with van der Waals surface area (Å²) in [4.78, 5) is 36.3. The van der Waals surface area contributed by atoms with Gasteiger partial charge in [-0.15, -0.1) is 0 Å². The number of halogens is 1. The molecule has 1 unspecified atom stereocenters. The van der Waals surface area contributed by atoms with Gasteiger partial charge < -0.3 is 10.1 Å². The number of carbonyl (C=O) groups is 2. The lowest BCUT2D eigenvalue weighted by Gasteiger charge is -2.19. The lowest BCUT2D eigenvalue weighted by Crippen LogP contribution is -2.46. The number of rotatable bonds is 11. The number of hydrogen-bond acceptors (Lipinski definition) is 6. The molecule has 0 aromatic heterocycles. The SMILES string of the molecule is CC(C)CC(NC(=O)c1ccc(Cl)cc1)C(=O)N/N=C/c1ccc(OCc2ccccc2)c([N+](=O)[O-])c1. The molecule has 0 heterocycles. The summed E-state index contributed by atoms with van der Waals surface area (Å²) in [7, 11) is 0. The third kappa shape index (κ3) is 8.43. The predicted molar refractivity (Wildman–Crippen MR) is 142 cm³/mol. The number of hydrogen-bond donors (Lipinski definition) is 2. The molecule has 37 heavy (non-hydrogen) atoms. The molecule has 0 bridgehead atoms. The lowest BCUT2D eigenvalue weighted by molar-refractivity contribution is -0.385. The first-order chi connectivity index (χ1) is 17.7. The van der Waals surface area contributed by atoms with Crippen LogP contribution in [0.5, 0.6) is 5.75 Å². The van der Waals surface area contributed by atoms with Crippen molar-refractivity contribution in [3.8, 4) is 5.75 Å². The highest BCUT2D eigenvalue weighted by atomic mass is 35.5. The van der Waals surface area contributed by atoms with E-state index < -0.39 is 22.8 Å². The Morgan fingerprint density at radius 2 is 1.78 bits per heavy atom. The second kappa shape index (κ2) is 13.2. The van der Waals surface area contributed by atoms with Crippen LogP contribution in [0.1, 0.15) is 41.8 Å². The van der Waals surface area contributed by atoms with Gasteiger partial charge in [0, 0.05) is 22.2 Å². The summed E-state index contributed by atoms with van der Waals surface area (Å²) < 4.78 is 5.63. The molecule has 0 aliphatic rings. The molecular weight excluding hydrogens is 496 g/mol. The molecule has 2 N–H and O–H groups in total. The Hall–Kier alpha value is -4.24. The van der Waals surface area contributed by atoms with Crippen LogP contribution in [0.2, 0.25) is 5.02 Å². The number of nitrogens with zero attached hydrogens (tertiary/aromatic N) is 2. The maximum absolute atomic E-state index is 12.8. The van der Waals surface area contributed by atoms with Crippen LogP contribution in [-0.4, -0.2) is 29.0 Å². The van der Waals surface area contributed by atoms with Crippen molar-refractivity contribution < 1.29 is 19.2 Å². The zero-order valence-corrected chi connectivity index (χ0v) is 21.1. The van der Waals surface area contributed by atoms with Crippen LogP contribution >= 0.6 is 11.6 Å². The van der Waals surface area contributed by atoms with E-state index in [0.29, 0.717) is 22.6 Å². The number of carbonyl (C=O) groups excluding carboxylic acids is 2. The summed E-state index contributed by atoms with van der Waals surface area (Å²) in [5, 5.41) is 18.7. The molecule has 3 rings (SSSR count). The topological polar surface area (TPSA) is 123 Å². The van der Waals surface area contributed by atoms with Gasteiger partial charge >= 0.3 is 5.69 Å². The van der Waals surface area contributed by atoms with E-state index in [0.717, 1.165) is 5.56 Å². The van der Waals surface area contributed by atoms with Crippen molar-refractivity contribution in [1.29, 1.82) is 0 Å². The minimum Gasteiger partial charge on any atom is -0.482 e. The minimum absolute atomic E-state index is 0.122. The van der Waals surface area contributed by atoms with Crippen LogP contribution in [0.3, 0.4) is 0 Å². The first-order valence-electron chi connectivity index (χ1n) is 11.6. The minimum atomic E-state index is -0.830. The highest BCUT2D eigenvalue weighted by molar-refractivity contribution is 6.30. The number of nitrogens with one attached hydrogen (secondary N) is 2. The predicted octanol–water partition coefficient (Wildman–Crippen LogP) is 5.12. The number of amides is 2. The first kappa shape index (κ1) is 27.3.